The van der Waals surface area contributed by atoms with E-state index in [2.05, 4.69) is 10.4 Å². The number of aromatic nitrogens is 2. The van der Waals surface area contributed by atoms with Crippen LogP contribution in [-0.2, 0) is 0 Å². The molecule has 0 saturated carbocycles. The summed E-state index contributed by atoms with van der Waals surface area (Å²) in [5.74, 6) is -0.383. The van der Waals surface area contributed by atoms with Gasteiger partial charge in [0, 0.05) is 24.0 Å². The van der Waals surface area contributed by atoms with Gasteiger partial charge in [-0.3, -0.25) is 14.9 Å². The molecule has 7 nitrogen and oxygen atoms in total. The molecule has 2 aromatic carbocycles. The number of carbonyl (C=O) groups excluding carboxylic acids is 1. The maximum Gasteiger partial charge on any atom is 0.271 e. The van der Waals surface area contributed by atoms with E-state index in [4.69, 9.17) is 0 Å². The Morgan fingerprint density at radius 2 is 1.89 bits per heavy atom. The maximum absolute atomic E-state index is 12.9. The summed E-state index contributed by atoms with van der Waals surface area (Å²) in [6.45, 7) is 0. The zero-order valence-corrected chi connectivity index (χ0v) is 15.3. The Balaban J connectivity index is 1.71. The third kappa shape index (κ3) is 3.53. The molecule has 0 fully saturated rings. The van der Waals surface area contributed by atoms with Crippen LogP contribution in [0.3, 0.4) is 0 Å². The highest BCUT2D eigenvalue weighted by Gasteiger charge is 2.20. The predicted octanol–water partition coefficient (Wildman–Crippen LogP) is 4.76. The van der Waals surface area contributed by atoms with E-state index in [1.165, 1.54) is 29.5 Å². The summed E-state index contributed by atoms with van der Waals surface area (Å²) in [6.07, 6.45) is 1.66. The summed E-state index contributed by atoms with van der Waals surface area (Å²) in [6, 6.07) is 19.1. The van der Waals surface area contributed by atoms with Gasteiger partial charge in [-0.15, -0.1) is 11.3 Å². The molecule has 0 radical (unpaired) electrons. The van der Waals surface area contributed by atoms with E-state index in [-0.39, 0.29) is 11.6 Å². The highest BCUT2D eigenvalue weighted by atomic mass is 32.1. The Morgan fingerprint density at radius 1 is 1.07 bits per heavy atom. The van der Waals surface area contributed by atoms with Crippen molar-refractivity contribution in [3.63, 3.8) is 0 Å². The van der Waals surface area contributed by atoms with Crippen LogP contribution in [0.15, 0.2) is 78.3 Å². The number of nitro benzene ring substituents is 1. The number of para-hydroxylation sites is 1. The van der Waals surface area contributed by atoms with Crippen LogP contribution in [0.4, 0.5) is 11.4 Å². The van der Waals surface area contributed by atoms with E-state index >= 15 is 0 Å². The molecule has 0 spiro atoms. The van der Waals surface area contributed by atoms with E-state index < -0.39 is 4.92 Å². The fourth-order valence-electron chi connectivity index (χ4n) is 2.74. The molecule has 0 aliphatic rings. The van der Waals surface area contributed by atoms with Crippen molar-refractivity contribution in [2.24, 2.45) is 0 Å². The van der Waals surface area contributed by atoms with E-state index in [1.807, 2.05) is 47.8 Å². The zero-order chi connectivity index (χ0) is 19.5. The average Bonchev–Trinajstić information content (AvgIpc) is 3.38. The molecule has 2 heterocycles. The molecule has 0 unspecified atom stereocenters. The summed E-state index contributed by atoms with van der Waals surface area (Å²) < 4.78 is 1.65. The number of benzene rings is 2. The number of anilines is 1. The van der Waals surface area contributed by atoms with Gasteiger partial charge in [-0.05, 0) is 29.6 Å². The molecule has 1 N–H and O–H groups in total. The fraction of sp³-hybridized carbons (Fsp3) is 0. The van der Waals surface area contributed by atoms with Crippen LogP contribution < -0.4 is 5.32 Å². The lowest BCUT2D eigenvalue weighted by molar-refractivity contribution is -0.384. The molecule has 0 aliphatic carbocycles. The van der Waals surface area contributed by atoms with Gasteiger partial charge in [0.15, 0.2) is 0 Å². The van der Waals surface area contributed by atoms with Gasteiger partial charge in [-0.2, -0.15) is 5.10 Å². The van der Waals surface area contributed by atoms with Gasteiger partial charge in [-0.1, -0.05) is 30.3 Å². The minimum Gasteiger partial charge on any atom is -0.322 e. The molecule has 0 atom stereocenters. The lowest BCUT2D eigenvalue weighted by Gasteiger charge is -2.04. The molecule has 2 aromatic heterocycles. The van der Waals surface area contributed by atoms with Gasteiger partial charge in [0.05, 0.1) is 21.1 Å². The van der Waals surface area contributed by atoms with Crippen LogP contribution in [0.1, 0.15) is 10.4 Å². The van der Waals surface area contributed by atoms with Crippen LogP contribution in [0.25, 0.3) is 16.3 Å². The van der Waals surface area contributed by atoms with Crippen molar-refractivity contribution >= 4 is 28.6 Å². The molecular formula is C20H14N4O3S. The number of carbonyl (C=O) groups is 1. The van der Waals surface area contributed by atoms with E-state index in [0.29, 0.717) is 16.9 Å². The summed E-state index contributed by atoms with van der Waals surface area (Å²) in [5, 5.41) is 20.2. The van der Waals surface area contributed by atoms with Crippen molar-refractivity contribution in [3.8, 4) is 16.3 Å². The van der Waals surface area contributed by atoms with Crippen molar-refractivity contribution in [1.82, 2.24) is 9.78 Å². The molecular weight excluding hydrogens is 376 g/mol. The Hall–Kier alpha value is -3.78. The largest absolute Gasteiger partial charge is 0.322 e. The third-order valence-corrected chi connectivity index (χ3v) is 4.93. The molecule has 4 rings (SSSR count). The Kier molecular flexibility index (Phi) is 4.69. The number of thiophene rings is 1. The van der Waals surface area contributed by atoms with Crippen LogP contribution in [0.5, 0.6) is 0 Å². The van der Waals surface area contributed by atoms with Crippen LogP contribution in [0, 0.1) is 10.1 Å². The predicted molar refractivity (Wildman–Crippen MR) is 108 cm³/mol. The molecule has 8 heteroatoms. The second-order valence-corrected chi connectivity index (χ2v) is 6.86. The van der Waals surface area contributed by atoms with Crippen molar-refractivity contribution in [2.75, 3.05) is 5.32 Å². The van der Waals surface area contributed by atoms with Crippen molar-refractivity contribution in [3.05, 3.63) is 94.0 Å². The zero-order valence-electron chi connectivity index (χ0n) is 14.5. The van der Waals surface area contributed by atoms with Gasteiger partial charge in [0.1, 0.15) is 5.69 Å². The summed E-state index contributed by atoms with van der Waals surface area (Å²) in [7, 11) is 0. The standard InChI is InChI=1S/C20H14N4O3S/c25-20(21-14-6-4-9-16(12-14)24(26)27)17-13-23(15-7-2-1-3-8-15)22-19(17)18-10-5-11-28-18/h1-13H,(H,21,25). The first kappa shape index (κ1) is 17.6. The number of hydrogen-bond donors (Lipinski definition) is 1. The molecule has 0 saturated heterocycles. The Labute approximate surface area is 164 Å². The molecule has 0 aliphatic heterocycles. The molecule has 0 bridgehead atoms. The van der Waals surface area contributed by atoms with Gasteiger partial charge < -0.3 is 5.32 Å². The number of hydrogen-bond acceptors (Lipinski definition) is 5. The first-order valence-electron chi connectivity index (χ1n) is 8.36. The summed E-state index contributed by atoms with van der Waals surface area (Å²) in [5.41, 5.74) is 2.04. The number of amides is 1. The minimum atomic E-state index is -0.500. The Morgan fingerprint density at radius 3 is 2.61 bits per heavy atom. The van der Waals surface area contributed by atoms with Crippen LogP contribution in [0.2, 0.25) is 0 Å². The van der Waals surface area contributed by atoms with Gasteiger partial charge >= 0.3 is 0 Å². The SMILES string of the molecule is O=C(Nc1cccc([N+](=O)[O-])c1)c1cn(-c2ccccc2)nc1-c1cccs1. The number of nitrogens with zero attached hydrogens (tertiary/aromatic N) is 3. The second-order valence-electron chi connectivity index (χ2n) is 5.91. The monoisotopic (exact) mass is 390 g/mol. The molecule has 138 valence electrons. The third-order valence-electron chi connectivity index (χ3n) is 4.05. The van der Waals surface area contributed by atoms with Gasteiger partial charge in [0.25, 0.3) is 11.6 Å². The molecule has 1 amide bonds. The topological polar surface area (TPSA) is 90.1 Å². The summed E-state index contributed by atoms with van der Waals surface area (Å²) >= 11 is 1.48. The van der Waals surface area contributed by atoms with Crippen molar-refractivity contribution in [1.29, 1.82) is 0 Å². The van der Waals surface area contributed by atoms with Crippen LogP contribution in [-0.4, -0.2) is 20.6 Å². The second kappa shape index (κ2) is 7.45. The number of rotatable bonds is 5. The Bertz CT molecular complexity index is 1140. The van der Waals surface area contributed by atoms with E-state index in [0.717, 1.165) is 10.6 Å². The maximum atomic E-state index is 12.9. The fourth-order valence-corrected chi connectivity index (χ4v) is 3.47. The highest BCUT2D eigenvalue weighted by Crippen LogP contribution is 2.28. The van der Waals surface area contributed by atoms with E-state index in [9.17, 15) is 14.9 Å². The lowest BCUT2D eigenvalue weighted by atomic mass is 10.2. The summed E-state index contributed by atoms with van der Waals surface area (Å²) in [4.78, 5) is 24.2. The molecule has 28 heavy (non-hydrogen) atoms. The van der Waals surface area contributed by atoms with Gasteiger partial charge in [-0.25, -0.2) is 4.68 Å². The number of non-ortho nitro benzene ring substituents is 1. The van der Waals surface area contributed by atoms with Gasteiger partial charge in [0.2, 0.25) is 0 Å². The number of nitro groups is 1. The minimum absolute atomic E-state index is 0.0868. The number of nitrogens with one attached hydrogen (secondary N) is 1. The van der Waals surface area contributed by atoms with E-state index in [1.54, 1.807) is 16.9 Å². The first-order chi connectivity index (χ1) is 13.6. The van der Waals surface area contributed by atoms with Crippen molar-refractivity contribution < 1.29 is 9.72 Å². The van der Waals surface area contributed by atoms with Crippen molar-refractivity contribution in [2.45, 2.75) is 0 Å². The van der Waals surface area contributed by atoms with Crippen LogP contribution >= 0.6 is 11.3 Å². The smallest absolute Gasteiger partial charge is 0.271 e. The molecule has 4 aromatic rings. The highest BCUT2D eigenvalue weighted by molar-refractivity contribution is 7.13. The quantitative estimate of drug-likeness (QED) is 0.393. The first-order valence-corrected chi connectivity index (χ1v) is 9.24. The lowest BCUT2D eigenvalue weighted by Crippen LogP contribution is -2.12. The average molecular weight is 390 g/mol. The normalized spacial score (nSPS) is 10.6.